The molecule has 0 saturated carbocycles. The maximum absolute atomic E-state index is 12.6. The molecule has 356 valence electrons. The molecule has 3 aromatic rings. The number of nitrogens with one attached hydrogen (secondary N) is 2. The fraction of sp³-hybridized carbons (Fsp3) is 0.442. The number of aldehydes is 1. The third-order valence-corrected chi connectivity index (χ3v) is 11.2. The quantitative estimate of drug-likeness (QED) is 0.0349. The Labute approximate surface area is 394 Å². The molecule has 2 amide bonds. The SMILES string of the molecule is C#C.CC.CC.CC.CC/C(=C\C=C(/C)C(S/C(=C(/C)N(C)CCN(C)CCNC(=O)COc1ccc(C2=NNC(=O)CC2)cc1)c1ccc2ccccc2c1)C(C=O)OC(C)=O)OC. The molecule has 0 aliphatic carbocycles. The molecule has 0 fully saturated rings. The van der Waals surface area contributed by atoms with Gasteiger partial charge in [-0.15, -0.1) is 24.6 Å². The zero-order valence-corrected chi connectivity index (χ0v) is 42.0. The van der Waals surface area contributed by atoms with Gasteiger partial charge in [-0.05, 0) is 79.2 Å². The monoisotopic (exact) mass is 914 g/mol. The van der Waals surface area contributed by atoms with Gasteiger partial charge in [0.1, 0.15) is 5.75 Å². The highest BCUT2D eigenvalue weighted by Gasteiger charge is 2.29. The van der Waals surface area contributed by atoms with E-state index in [4.69, 9.17) is 14.2 Å². The predicted molar refractivity (Wildman–Crippen MR) is 272 cm³/mol. The zero-order chi connectivity index (χ0) is 49.3. The summed E-state index contributed by atoms with van der Waals surface area (Å²) < 4.78 is 16.7. The smallest absolute Gasteiger partial charge is 0.303 e. The molecule has 1 heterocycles. The predicted octanol–water partition coefficient (Wildman–Crippen LogP) is 9.65. The minimum absolute atomic E-state index is 0.0901. The molecule has 0 saturated heterocycles. The van der Waals surface area contributed by atoms with Crippen LogP contribution in [0.4, 0.5) is 0 Å². The van der Waals surface area contributed by atoms with Crippen molar-refractivity contribution in [3.05, 3.63) is 107 Å². The van der Waals surface area contributed by atoms with Crippen molar-refractivity contribution in [2.24, 2.45) is 5.10 Å². The number of terminal acetylenes is 1. The number of methoxy groups -OCH3 is 1. The van der Waals surface area contributed by atoms with Gasteiger partial charge in [-0.1, -0.05) is 96.5 Å². The number of thioether (sulfide) groups is 1. The lowest BCUT2D eigenvalue weighted by molar-refractivity contribution is -0.148. The number of carbonyl (C=O) groups excluding carboxylic acids is 4. The maximum Gasteiger partial charge on any atom is 0.303 e. The molecule has 4 rings (SSSR count). The highest BCUT2D eigenvalue weighted by Crippen LogP contribution is 2.40. The van der Waals surface area contributed by atoms with Crippen molar-refractivity contribution in [2.75, 3.05) is 54.0 Å². The van der Waals surface area contributed by atoms with Crippen LogP contribution in [0, 0.1) is 12.8 Å². The molecule has 0 spiro atoms. The van der Waals surface area contributed by atoms with Crippen LogP contribution in [0.1, 0.15) is 99.6 Å². The topological polar surface area (TPSA) is 139 Å². The zero-order valence-electron chi connectivity index (χ0n) is 41.2. The van der Waals surface area contributed by atoms with E-state index in [9.17, 15) is 19.2 Å². The van der Waals surface area contributed by atoms with E-state index in [1.807, 2.05) is 106 Å². The highest BCUT2D eigenvalue weighted by atomic mass is 32.2. The summed E-state index contributed by atoms with van der Waals surface area (Å²) in [5, 5.41) is 8.73. The third-order valence-electron chi connectivity index (χ3n) is 9.58. The van der Waals surface area contributed by atoms with E-state index in [1.165, 1.54) is 18.7 Å². The second kappa shape index (κ2) is 34.6. The van der Waals surface area contributed by atoms with Gasteiger partial charge in [0.15, 0.2) is 19.0 Å². The first-order valence-corrected chi connectivity index (χ1v) is 23.3. The first-order chi connectivity index (χ1) is 31.4. The van der Waals surface area contributed by atoms with Crippen LogP contribution in [0.3, 0.4) is 0 Å². The van der Waals surface area contributed by atoms with Crippen molar-refractivity contribution in [1.82, 2.24) is 20.5 Å². The van der Waals surface area contributed by atoms with Gasteiger partial charge < -0.3 is 29.3 Å². The number of esters is 1. The molecule has 1 aliphatic heterocycles. The summed E-state index contributed by atoms with van der Waals surface area (Å²) in [4.78, 5) is 53.8. The lowest BCUT2D eigenvalue weighted by atomic mass is 10.0. The second-order valence-corrected chi connectivity index (χ2v) is 15.0. The van der Waals surface area contributed by atoms with Crippen molar-refractivity contribution >= 4 is 57.2 Å². The number of ether oxygens (including phenoxy) is 3. The Morgan fingerprint density at radius 3 is 2.11 bits per heavy atom. The van der Waals surface area contributed by atoms with Crippen LogP contribution in [0.2, 0.25) is 0 Å². The molecule has 0 aromatic heterocycles. The minimum atomic E-state index is -1.01. The number of hydrazone groups is 1. The summed E-state index contributed by atoms with van der Waals surface area (Å²) in [5.74, 6) is 0.521. The Hall–Kier alpha value is -5.84. The summed E-state index contributed by atoms with van der Waals surface area (Å²) in [7, 11) is 5.67. The van der Waals surface area contributed by atoms with E-state index in [0.717, 1.165) is 49.5 Å². The molecule has 3 aromatic carbocycles. The van der Waals surface area contributed by atoms with Crippen molar-refractivity contribution in [3.8, 4) is 18.6 Å². The summed E-state index contributed by atoms with van der Waals surface area (Å²) in [6.07, 6.45) is 13.2. The number of fused-ring (bicyclic) bond motifs is 1. The van der Waals surface area contributed by atoms with Crippen molar-refractivity contribution in [2.45, 2.75) is 99.9 Å². The lowest BCUT2D eigenvalue weighted by Crippen LogP contribution is -2.38. The van der Waals surface area contributed by atoms with E-state index in [1.54, 1.807) is 19.2 Å². The van der Waals surface area contributed by atoms with Gasteiger partial charge in [0.05, 0.1) is 23.8 Å². The van der Waals surface area contributed by atoms with Crippen molar-refractivity contribution in [3.63, 3.8) is 0 Å². The summed E-state index contributed by atoms with van der Waals surface area (Å²) in [6, 6.07) is 21.8. The number of nitrogens with zero attached hydrogens (tertiary/aromatic N) is 3. The van der Waals surface area contributed by atoms with Crippen LogP contribution in [-0.4, -0.2) is 105 Å². The molecule has 2 unspecified atom stereocenters. The van der Waals surface area contributed by atoms with Crippen LogP contribution in [0.5, 0.6) is 5.75 Å². The summed E-state index contributed by atoms with van der Waals surface area (Å²) >= 11 is 1.50. The van der Waals surface area contributed by atoms with Gasteiger partial charge in [-0.2, -0.15) is 5.10 Å². The molecule has 0 radical (unpaired) electrons. The van der Waals surface area contributed by atoms with E-state index in [2.05, 4.69) is 75.7 Å². The number of benzene rings is 3. The van der Waals surface area contributed by atoms with E-state index >= 15 is 0 Å². The van der Waals surface area contributed by atoms with Gasteiger partial charge in [-0.25, -0.2) is 5.43 Å². The van der Waals surface area contributed by atoms with E-state index in [0.29, 0.717) is 57.5 Å². The average molecular weight is 914 g/mol. The number of carbonyl (C=O) groups is 4. The summed E-state index contributed by atoms with van der Waals surface area (Å²) in [5.41, 5.74) is 7.03. The number of allylic oxidation sites excluding steroid dienone is 4. The number of likely N-dealkylation sites (N-methyl/N-ethyl adjacent to an activating group) is 2. The molecule has 12 nitrogen and oxygen atoms in total. The number of hydrogen-bond acceptors (Lipinski definition) is 11. The first-order valence-electron chi connectivity index (χ1n) is 22.4. The Morgan fingerprint density at radius 1 is 0.892 bits per heavy atom. The fourth-order valence-electron chi connectivity index (χ4n) is 6.03. The third kappa shape index (κ3) is 21.1. The largest absolute Gasteiger partial charge is 0.501 e. The lowest BCUT2D eigenvalue weighted by Gasteiger charge is -2.29. The van der Waals surface area contributed by atoms with E-state index in [-0.39, 0.29) is 18.4 Å². The molecule has 65 heavy (non-hydrogen) atoms. The van der Waals surface area contributed by atoms with Crippen LogP contribution in [0.15, 0.2) is 101 Å². The fourth-order valence-corrected chi connectivity index (χ4v) is 7.39. The normalized spacial score (nSPS) is 13.4. The molecule has 2 N–H and O–H groups in total. The first kappa shape index (κ1) is 59.2. The van der Waals surface area contributed by atoms with Gasteiger partial charge >= 0.3 is 5.97 Å². The van der Waals surface area contributed by atoms with Gasteiger partial charge in [0.2, 0.25) is 5.91 Å². The minimum Gasteiger partial charge on any atom is -0.501 e. The van der Waals surface area contributed by atoms with Crippen molar-refractivity contribution in [1.29, 1.82) is 0 Å². The molecule has 2 atom stereocenters. The molecular weight excluding hydrogens is 839 g/mol. The Bertz CT molecular complexity index is 2040. The van der Waals surface area contributed by atoms with Gasteiger partial charge in [0.25, 0.3) is 5.91 Å². The van der Waals surface area contributed by atoms with Crippen LogP contribution < -0.4 is 15.5 Å². The molecular formula is C52H75N5O7S. The van der Waals surface area contributed by atoms with Crippen LogP contribution >= 0.6 is 11.8 Å². The second-order valence-electron chi connectivity index (χ2n) is 13.8. The Balaban J connectivity index is 0.00000484. The highest BCUT2D eigenvalue weighted by molar-refractivity contribution is 8.09. The maximum atomic E-state index is 12.6. The van der Waals surface area contributed by atoms with Gasteiger partial charge in [0, 0.05) is 70.0 Å². The number of hydrogen-bond donors (Lipinski definition) is 2. The number of rotatable bonds is 21. The standard InChI is InChI=1S/C44H55N5O7S.3C2H6.C2H2/c1-8-37(54-7)18-13-30(2)43(40(28-50)56-32(4)51)57-44(36-15-14-33-11-9-10-12-35(33)27-36)31(3)49(6)26-25-48(5)24-23-45-42(53)29-55-38-19-16-34(17-20-38)39-21-22-41(52)47-46-39;4*1-2/h9-20,27-28,40,43H,8,21-26,29H2,1-7H3,(H,45,53)(H,47,52);3*1-2H3;1-2H/b30-13+,37-18+,44-31-;;;;. The molecule has 13 heteroatoms. The van der Waals surface area contributed by atoms with E-state index < -0.39 is 17.3 Å². The molecule has 0 bridgehead atoms. The van der Waals surface area contributed by atoms with Crippen LogP contribution in [0.25, 0.3) is 15.7 Å². The average Bonchev–Trinajstić information content (AvgIpc) is 3.35. The number of amides is 2. The van der Waals surface area contributed by atoms with Crippen molar-refractivity contribution < 1.29 is 33.4 Å². The van der Waals surface area contributed by atoms with Crippen LogP contribution in [-0.2, 0) is 28.7 Å². The molecule has 1 aliphatic rings. The summed E-state index contributed by atoms with van der Waals surface area (Å²) in [6.45, 7) is 21.7. The van der Waals surface area contributed by atoms with Gasteiger partial charge in [-0.3, -0.25) is 19.2 Å². The Morgan fingerprint density at radius 2 is 1.54 bits per heavy atom. The Kier molecular flexibility index (Phi) is 31.4.